The standard InChI is InChI=1S/C30H42N4O4S/c1-8-21(9-2)34-25-13-12-20(16-23(25)32-26(34)17-22-11-10-14-39-22)28(36)33-24(15-19(3)4)29(37)31-18-27(35)38-30(5,6)7/h10-14,16,19,21,24H,8-9,15,17-18H2,1-7H3,(H,31,37)(H,33,36). The Morgan fingerprint density at radius 2 is 1.82 bits per heavy atom. The van der Waals surface area contributed by atoms with Crippen LogP contribution >= 0.6 is 11.3 Å². The molecule has 2 heterocycles. The number of carbonyl (C=O) groups excluding carboxylic acids is 3. The Balaban J connectivity index is 1.82. The molecule has 3 rings (SSSR count). The highest BCUT2D eigenvalue weighted by atomic mass is 32.1. The Labute approximate surface area is 235 Å². The number of nitrogens with zero attached hydrogens (tertiary/aromatic N) is 2. The molecular formula is C30H42N4O4S. The number of nitrogens with one attached hydrogen (secondary N) is 2. The average molecular weight is 555 g/mol. The molecule has 1 unspecified atom stereocenters. The van der Waals surface area contributed by atoms with Crippen LogP contribution < -0.4 is 10.6 Å². The van der Waals surface area contributed by atoms with Crippen molar-refractivity contribution in [2.24, 2.45) is 5.92 Å². The Morgan fingerprint density at radius 3 is 2.41 bits per heavy atom. The van der Waals surface area contributed by atoms with Crippen LogP contribution in [0.25, 0.3) is 11.0 Å². The van der Waals surface area contributed by atoms with Crippen LogP contribution in [0.5, 0.6) is 0 Å². The quantitative estimate of drug-likeness (QED) is 0.282. The van der Waals surface area contributed by atoms with Gasteiger partial charge in [-0.15, -0.1) is 11.3 Å². The number of imidazole rings is 1. The van der Waals surface area contributed by atoms with E-state index in [2.05, 4.69) is 40.5 Å². The third-order valence-electron chi connectivity index (χ3n) is 6.40. The van der Waals surface area contributed by atoms with Gasteiger partial charge in [0.05, 0.1) is 11.0 Å². The Kier molecular flexibility index (Phi) is 10.3. The minimum absolute atomic E-state index is 0.153. The average Bonchev–Trinajstić information content (AvgIpc) is 3.49. The van der Waals surface area contributed by atoms with Gasteiger partial charge in [-0.05, 0) is 75.6 Å². The molecule has 0 saturated heterocycles. The summed E-state index contributed by atoms with van der Waals surface area (Å²) in [6.07, 6.45) is 3.13. The van der Waals surface area contributed by atoms with Crippen molar-refractivity contribution in [1.29, 1.82) is 0 Å². The number of thiophene rings is 1. The number of aromatic nitrogens is 2. The fourth-order valence-corrected chi connectivity index (χ4v) is 5.35. The van der Waals surface area contributed by atoms with Crippen molar-refractivity contribution < 1.29 is 19.1 Å². The summed E-state index contributed by atoms with van der Waals surface area (Å²) in [4.78, 5) is 44.5. The van der Waals surface area contributed by atoms with Crippen molar-refractivity contribution in [2.75, 3.05) is 6.54 Å². The summed E-state index contributed by atoms with van der Waals surface area (Å²) in [6.45, 7) is 13.4. The second kappa shape index (κ2) is 13.2. The number of amides is 2. The summed E-state index contributed by atoms with van der Waals surface area (Å²) >= 11 is 1.71. The SMILES string of the molecule is CCC(CC)n1c(Cc2cccs2)nc2cc(C(=O)NC(CC(C)C)C(=O)NCC(=O)OC(C)(C)C)ccc21. The topological polar surface area (TPSA) is 102 Å². The van der Waals surface area contributed by atoms with Gasteiger partial charge < -0.3 is 19.9 Å². The molecule has 0 aliphatic rings. The highest BCUT2D eigenvalue weighted by Gasteiger charge is 2.25. The smallest absolute Gasteiger partial charge is 0.325 e. The molecular weight excluding hydrogens is 512 g/mol. The van der Waals surface area contributed by atoms with Gasteiger partial charge in [0.1, 0.15) is 24.0 Å². The molecule has 8 nitrogen and oxygen atoms in total. The number of esters is 1. The molecule has 9 heteroatoms. The first kappa shape index (κ1) is 30.3. The third-order valence-corrected chi connectivity index (χ3v) is 7.28. The summed E-state index contributed by atoms with van der Waals surface area (Å²) < 4.78 is 7.58. The van der Waals surface area contributed by atoms with Crippen LogP contribution in [-0.2, 0) is 20.7 Å². The van der Waals surface area contributed by atoms with Crippen LogP contribution in [0.15, 0.2) is 35.7 Å². The van der Waals surface area contributed by atoms with E-state index in [1.807, 2.05) is 26.0 Å². The molecule has 2 N–H and O–H groups in total. The van der Waals surface area contributed by atoms with Gasteiger partial charge in [0, 0.05) is 22.9 Å². The van der Waals surface area contributed by atoms with Crippen molar-refractivity contribution in [3.05, 3.63) is 52.0 Å². The van der Waals surface area contributed by atoms with Gasteiger partial charge >= 0.3 is 5.97 Å². The maximum atomic E-state index is 13.3. The summed E-state index contributed by atoms with van der Waals surface area (Å²) in [7, 11) is 0. The normalized spacial score (nSPS) is 12.6. The van der Waals surface area contributed by atoms with Gasteiger partial charge in [-0.25, -0.2) is 4.98 Å². The summed E-state index contributed by atoms with van der Waals surface area (Å²) in [5.74, 6) is -0.159. The molecule has 212 valence electrons. The lowest BCUT2D eigenvalue weighted by Gasteiger charge is -2.22. The monoisotopic (exact) mass is 554 g/mol. The second-order valence-electron chi connectivity index (χ2n) is 11.3. The van der Waals surface area contributed by atoms with Crippen molar-refractivity contribution in [3.63, 3.8) is 0 Å². The van der Waals surface area contributed by atoms with Gasteiger partial charge in [0.15, 0.2) is 0 Å². The summed E-state index contributed by atoms with van der Waals surface area (Å²) in [5, 5.41) is 7.55. The van der Waals surface area contributed by atoms with Crippen molar-refractivity contribution in [3.8, 4) is 0 Å². The van der Waals surface area contributed by atoms with E-state index in [-0.39, 0.29) is 18.4 Å². The lowest BCUT2D eigenvalue weighted by Crippen LogP contribution is -2.49. The van der Waals surface area contributed by atoms with Crippen LogP contribution in [0.4, 0.5) is 0 Å². The van der Waals surface area contributed by atoms with Crippen molar-refractivity contribution in [1.82, 2.24) is 20.2 Å². The first-order valence-corrected chi connectivity index (χ1v) is 14.6. The zero-order valence-electron chi connectivity index (χ0n) is 24.2. The second-order valence-corrected chi connectivity index (χ2v) is 12.3. The van der Waals surface area contributed by atoms with Gasteiger partial charge in [-0.1, -0.05) is 33.8 Å². The molecule has 2 aromatic heterocycles. The van der Waals surface area contributed by atoms with Crippen LogP contribution in [-0.4, -0.2) is 45.5 Å². The first-order chi connectivity index (χ1) is 18.4. The van der Waals surface area contributed by atoms with Gasteiger partial charge in [-0.2, -0.15) is 0 Å². The highest BCUT2D eigenvalue weighted by molar-refractivity contribution is 7.09. The van der Waals surface area contributed by atoms with Gasteiger partial charge in [0.25, 0.3) is 5.91 Å². The van der Waals surface area contributed by atoms with E-state index in [1.54, 1.807) is 44.2 Å². The molecule has 0 aliphatic carbocycles. The molecule has 0 saturated carbocycles. The van der Waals surface area contributed by atoms with E-state index in [9.17, 15) is 14.4 Å². The molecule has 2 amide bonds. The molecule has 0 bridgehead atoms. The maximum absolute atomic E-state index is 13.3. The molecule has 0 spiro atoms. The zero-order chi connectivity index (χ0) is 28.7. The van der Waals surface area contributed by atoms with E-state index in [1.165, 1.54) is 4.88 Å². The Hall–Kier alpha value is -3.20. The maximum Gasteiger partial charge on any atom is 0.325 e. The predicted octanol–water partition coefficient (Wildman–Crippen LogP) is 5.65. The van der Waals surface area contributed by atoms with E-state index in [0.717, 1.165) is 36.1 Å². The third kappa shape index (κ3) is 8.39. The van der Waals surface area contributed by atoms with E-state index in [4.69, 9.17) is 9.72 Å². The predicted molar refractivity (Wildman–Crippen MR) is 156 cm³/mol. The number of rotatable bonds is 12. The number of hydrogen-bond donors (Lipinski definition) is 2. The molecule has 1 aromatic carbocycles. The zero-order valence-corrected chi connectivity index (χ0v) is 25.0. The number of hydrogen-bond acceptors (Lipinski definition) is 6. The first-order valence-electron chi connectivity index (χ1n) is 13.7. The van der Waals surface area contributed by atoms with Crippen LogP contribution in [0.1, 0.15) is 94.8 Å². The van der Waals surface area contributed by atoms with Gasteiger partial charge in [-0.3, -0.25) is 14.4 Å². The summed E-state index contributed by atoms with van der Waals surface area (Å²) in [6, 6.07) is 9.23. The Morgan fingerprint density at radius 1 is 1.10 bits per heavy atom. The number of carbonyl (C=O) groups is 3. The highest BCUT2D eigenvalue weighted by Crippen LogP contribution is 2.28. The minimum Gasteiger partial charge on any atom is -0.459 e. The molecule has 3 aromatic rings. The lowest BCUT2D eigenvalue weighted by molar-refractivity contribution is -0.154. The van der Waals surface area contributed by atoms with E-state index >= 15 is 0 Å². The largest absolute Gasteiger partial charge is 0.459 e. The fraction of sp³-hybridized carbons (Fsp3) is 0.533. The van der Waals surface area contributed by atoms with Crippen molar-refractivity contribution in [2.45, 2.75) is 91.8 Å². The van der Waals surface area contributed by atoms with Crippen LogP contribution in [0, 0.1) is 5.92 Å². The Bertz CT molecular complexity index is 1270. The van der Waals surface area contributed by atoms with Crippen LogP contribution in [0.2, 0.25) is 0 Å². The molecule has 1 atom stereocenters. The molecule has 0 aliphatic heterocycles. The fourth-order valence-electron chi connectivity index (χ4n) is 4.65. The number of ether oxygens (including phenoxy) is 1. The molecule has 0 fully saturated rings. The molecule has 0 radical (unpaired) electrons. The minimum atomic E-state index is -0.785. The van der Waals surface area contributed by atoms with Gasteiger partial charge in [0.2, 0.25) is 5.91 Å². The van der Waals surface area contributed by atoms with Crippen molar-refractivity contribution >= 4 is 40.2 Å². The lowest BCUT2D eigenvalue weighted by atomic mass is 10.0. The van der Waals surface area contributed by atoms with E-state index in [0.29, 0.717) is 18.0 Å². The number of fused-ring (bicyclic) bond motifs is 1. The molecule has 39 heavy (non-hydrogen) atoms. The number of benzene rings is 1. The van der Waals surface area contributed by atoms with Crippen LogP contribution in [0.3, 0.4) is 0 Å². The summed E-state index contributed by atoms with van der Waals surface area (Å²) in [5.41, 5.74) is 1.56. The van der Waals surface area contributed by atoms with E-state index < -0.39 is 23.5 Å².